The van der Waals surface area contributed by atoms with Crippen molar-refractivity contribution in [2.45, 2.75) is 37.5 Å². The first-order valence-corrected chi connectivity index (χ1v) is 8.36. The van der Waals surface area contributed by atoms with Crippen LogP contribution in [0.15, 0.2) is 43.0 Å². The van der Waals surface area contributed by atoms with E-state index in [1.807, 2.05) is 12.1 Å². The van der Waals surface area contributed by atoms with E-state index >= 15 is 0 Å². The highest BCUT2D eigenvalue weighted by atomic mass is 16.6. The number of ether oxygens (including phenoxy) is 2. The second-order valence-corrected chi connectivity index (χ2v) is 6.38. The summed E-state index contributed by atoms with van der Waals surface area (Å²) in [6, 6.07) is 9.25. The number of methoxy groups -OCH3 is 1. The largest absolute Gasteiger partial charge is 0.469 e. The zero-order valence-corrected chi connectivity index (χ0v) is 13.9. The van der Waals surface area contributed by atoms with Crippen LogP contribution in [0, 0.1) is 5.92 Å². The first-order valence-electron chi connectivity index (χ1n) is 8.36. The predicted molar refractivity (Wildman–Crippen MR) is 89.5 cm³/mol. The number of esters is 2. The maximum Gasteiger partial charge on any atom is 0.338 e. The Bertz CT molecular complexity index is 615. The second-order valence-electron chi connectivity index (χ2n) is 6.38. The molecular weight excluding hydrogens is 306 g/mol. The standard InChI is InChI=1S/C19H23NO4/c1-3-11-20-14-9-10-15(20)17(19(22)23-2)16(12-14)24-18(21)13-7-5-4-6-8-13/h3-8,14-17H,1,9-12H2,2H3/t14-,15+,16-,17+/m0/s1. The quantitative estimate of drug-likeness (QED) is 0.613. The SMILES string of the molecule is C=CCN1[C@H]2CC[C@@H]1[C@@H](C(=O)OC)[C@@H](OC(=O)c1ccccc1)C2. The van der Waals surface area contributed by atoms with E-state index < -0.39 is 12.0 Å². The maximum absolute atomic E-state index is 12.4. The van der Waals surface area contributed by atoms with Crippen molar-refractivity contribution in [2.75, 3.05) is 13.7 Å². The minimum Gasteiger partial charge on any atom is -0.469 e. The van der Waals surface area contributed by atoms with Crippen LogP contribution in [0.2, 0.25) is 0 Å². The average Bonchev–Trinajstić information content (AvgIpc) is 2.88. The summed E-state index contributed by atoms with van der Waals surface area (Å²) in [5.41, 5.74) is 0.502. The first kappa shape index (κ1) is 16.7. The molecule has 0 saturated carbocycles. The molecule has 2 heterocycles. The second kappa shape index (κ2) is 7.18. The highest BCUT2D eigenvalue weighted by Crippen LogP contribution is 2.41. The Balaban J connectivity index is 1.80. The number of fused-ring (bicyclic) bond motifs is 2. The van der Waals surface area contributed by atoms with Gasteiger partial charge in [0.15, 0.2) is 0 Å². The molecule has 0 N–H and O–H groups in total. The molecule has 5 nitrogen and oxygen atoms in total. The van der Waals surface area contributed by atoms with Crippen LogP contribution in [0.5, 0.6) is 0 Å². The third-order valence-corrected chi connectivity index (χ3v) is 5.09. The summed E-state index contributed by atoms with van der Waals surface area (Å²) in [6.07, 6.45) is 3.99. The molecule has 128 valence electrons. The van der Waals surface area contributed by atoms with Crippen molar-refractivity contribution in [2.24, 2.45) is 5.92 Å². The van der Waals surface area contributed by atoms with Crippen molar-refractivity contribution < 1.29 is 19.1 Å². The number of rotatable bonds is 5. The molecular formula is C19H23NO4. The topological polar surface area (TPSA) is 55.8 Å². The van der Waals surface area contributed by atoms with E-state index in [9.17, 15) is 9.59 Å². The Hall–Kier alpha value is -2.14. The van der Waals surface area contributed by atoms with Gasteiger partial charge in [-0.1, -0.05) is 24.3 Å². The normalized spacial score (nSPS) is 29.0. The Labute approximate surface area is 142 Å². The molecule has 2 aliphatic heterocycles. The van der Waals surface area contributed by atoms with Crippen molar-refractivity contribution in [3.05, 3.63) is 48.6 Å². The molecule has 0 aliphatic carbocycles. The van der Waals surface area contributed by atoms with E-state index in [-0.39, 0.29) is 18.0 Å². The lowest BCUT2D eigenvalue weighted by atomic mass is 9.87. The van der Waals surface area contributed by atoms with Gasteiger partial charge in [0, 0.05) is 25.0 Å². The van der Waals surface area contributed by atoms with Crippen LogP contribution in [0.4, 0.5) is 0 Å². The van der Waals surface area contributed by atoms with E-state index in [4.69, 9.17) is 9.47 Å². The van der Waals surface area contributed by atoms with Crippen molar-refractivity contribution in [1.82, 2.24) is 4.90 Å². The Morgan fingerprint density at radius 2 is 2.04 bits per heavy atom. The van der Waals surface area contributed by atoms with Gasteiger partial charge in [0.2, 0.25) is 0 Å². The van der Waals surface area contributed by atoms with Gasteiger partial charge in [-0.3, -0.25) is 9.69 Å². The van der Waals surface area contributed by atoms with Crippen LogP contribution < -0.4 is 0 Å². The van der Waals surface area contributed by atoms with Crippen LogP contribution in [-0.2, 0) is 14.3 Å². The van der Waals surface area contributed by atoms with Crippen LogP contribution >= 0.6 is 0 Å². The van der Waals surface area contributed by atoms with Gasteiger partial charge in [-0.25, -0.2) is 4.79 Å². The Morgan fingerprint density at radius 1 is 1.29 bits per heavy atom. The van der Waals surface area contributed by atoms with Gasteiger partial charge in [-0.05, 0) is 25.0 Å². The van der Waals surface area contributed by atoms with Crippen LogP contribution in [0.3, 0.4) is 0 Å². The van der Waals surface area contributed by atoms with E-state index in [1.54, 1.807) is 24.3 Å². The molecule has 4 atom stereocenters. The minimum absolute atomic E-state index is 0.0442. The zero-order chi connectivity index (χ0) is 17.1. The fourth-order valence-corrected chi connectivity index (χ4v) is 4.05. The van der Waals surface area contributed by atoms with Crippen LogP contribution in [0.1, 0.15) is 29.6 Å². The molecule has 0 spiro atoms. The molecule has 24 heavy (non-hydrogen) atoms. The number of hydrogen-bond donors (Lipinski definition) is 0. The highest BCUT2D eigenvalue weighted by Gasteiger charge is 2.51. The van der Waals surface area contributed by atoms with Crippen LogP contribution in [0.25, 0.3) is 0 Å². The summed E-state index contributed by atoms with van der Waals surface area (Å²) in [5.74, 6) is -1.13. The maximum atomic E-state index is 12.4. The van der Waals surface area contributed by atoms with Crippen molar-refractivity contribution >= 4 is 11.9 Å². The Kier molecular flexibility index (Phi) is 5.00. The number of hydrogen-bond acceptors (Lipinski definition) is 5. The third-order valence-electron chi connectivity index (χ3n) is 5.09. The monoisotopic (exact) mass is 329 g/mol. The van der Waals surface area contributed by atoms with Crippen molar-refractivity contribution in [3.8, 4) is 0 Å². The summed E-state index contributed by atoms with van der Waals surface area (Å²) >= 11 is 0. The predicted octanol–water partition coefficient (Wildman–Crippen LogP) is 2.42. The van der Waals surface area contributed by atoms with Gasteiger partial charge < -0.3 is 9.47 Å². The van der Waals surface area contributed by atoms with E-state index in [0.29, 0.717) is 18.0 Å². The van der Waals surface area contributed by atoms with Gasteiger partial charge in [-0.15, -0.1) is 6.58 Å². The summed E-state index contributed by atoms with van der Waals surface area (Å²) < 4.78 is 10.7. The Morgan fingerprint density at radius 3 is 2.71 bits per heavy atom. The summed E-state index contributed by atoms with van der Waals surface area (Å²) in [6.45, 7) is 4.54. The molecule has 2 saturated heterocycles. The number of carbonyl (C=O) groups is 2. The lowest BCUT2D eigenvalue weighted by Crippen LogP contribution is -2.55. The van der Waals surface area contributed by atoms with Crippen molar-refractivity contribution in [3.63, 3.8) is 0 Å². The van der Waals surface area contributed by atoms with E-state index in [1.165, 1.54) is 7.11 Å². The lowest BCUT2D eigenvalue weighted by molar-refractivity contribution is -0.156. The van der Waals surface area contributed by atoms with Gasteiger partial charge in [0.05, 0.1) is 12.7 Å². The molecule has 0 radical (unpaired) electrons. The molecule has 3 rings (SSSR count). The van der Waals surface area contributed by atoms with E-state index in [0.717, 1.165) is 19.4 Å². The van der Waals surface area contributed by atoms with E-state index in [2.05, 4.69) is 11.5 Å². The average molecular weight is 329 g/mol. The smallest absolute Gasteiger partial charge is 0.338 e. The summed E-state index contributed by atoms with van der Waals surface area (Å²) in [7, 11) is 1.39. The molecule has 2 aliphatic rings. The summed E-state index contributed by atoms with van der Waals surface area (Å²) in [4.78, 5) is 27.1. The van der Waals surface area contributed by atoms with Crippen LogP contribution in [-0.4, -0.2) is 48.7 Å². The number of benzene rings is 1. The fourth-order valence-electron chi connectivity index (χ4n) is 4.05. The van der Waals surface area contributed by atoms with Crippen molar-refractivity contribution in [1.29, 1.82) is 0 Å². The third kappa shape index (κ3) is 3.08. The first-order chi connectivity index (χ1) is 11.7. The summed E-state index contributed by atoms with van der Waals surface area (Å²) in [5, 5.41) is 0. The zero-order valence-electron chi connectivity index (χ0n) is 13.9. The number of nitrogens with zero attached hydrogens (tertiary/aromatic N) is 1. The number of piperidine rings is 1. The van der Waals surface area contributed by atoms with Gasteiger partial charge in [0.1, 0.15) is 12.0 Å². The molecule has 5 heteroatoms. The van der Waals surface area contributed by atoms with Gasteiger partial charge in [-0.2, -0.15) is 0 Å². The molecule has 0 unspecified atom stereocenters. The molecule has 0 aromatic heterocycles. The molecule has 2 bridgehead atoms. The molecule has 0 amide bonds. The number of carbonyl (C=O) groups excluding carboxylic acids is 2. The van der Waals surface area contributed by atoms with Gasteiger partial charge >= 0.3 is 11.9 Å². The van der Waals surface area contributed by atoms with Gasteiger partial charge in [0.25, 0.3) is 0 Å². The molecule has 1 aromatic rings. The molecule has 1 aromatic carbocycles. The minimum atomic E-state index is -0.443. The molecule has 2 fully saturated rings. The fraction of sp³-hybridized carbons (Fsp3) is 0.474. The lowest BCUT2D eigenvalue weighted by Gasteiger charge is -2.42. The highest BCUT2D eigenvalue weighted by molar-refractivity contribution is 5.89.